The summed E-state index contributed by atoms with van der Waals surface area (Å²) in [6, 6.07) is 2.14. The van der Waals surface area contributed by atoms with Gasteiger partial charge in [-0.3, -0.25) is 29.4 Å². The van der Waals surface area contributed by atoms with Crippen molar-refractivity contribution in [2.45, 2.75) is 18.6 Å². The molecular weight excluding hydrogens is 562 g/mol. The second-order valence-corrected chi connectivity index (χ2v) is 8.86. The quantitative estimate of drug-likeness (QED) is 0.134. The summed E-state index contributed by atoms with van der Waals surface area (Å²) in [5.41, 5.74) is -0.350. The van der Waals surface area contributed by atoms with Gasteiger partial charge in [-0.05, 0) is 0 Å². The van der Waals surface area contributed by atoms with E-state index in [0.717, 1.165) is 6.20 Å². The SMILES string of the molecule is COCCN1CCN(c2c(C(=O)NC(CC(=O)OC(=O)C(F)(F)F)C(=O)CF)cnc3c([N+](=O)[O-])cccc23)CC1. The van der Waals surface area contributed by atoms with E-state index in [1.54, 1.807) is 12.0 Å². The maximum Gasteiger partial charge on any atom is 0.491 e. The number of benzene rings is 1. The number of carbonyl (C=O) groups is 4. The van der Waals surface area contributed by atoms with Gasteiger partial charge >= 0.3 is 18.1 Å². The summed E-state index contributed by atoms with van der Waals surface area (Å²) in [7, 11) is 1.56. The summed E-state index contributed by atoms with van der Waals surface area (Å²) in [5.74, 6) is -7.09. The van der Waals surface area contributed by atoms with Crippen LogP contribution in [0.15, 0.2) is 24.4 Å². The third-order valence-electron chi connectivity index (χ3n) is 6.22. The van der Waals surface area contributed by atoms with Gasteiger partial charge in [0.15, 0.2) is 5.78 Å². The first kappa shape index (κ1) is 31.3. The number of halogens is 4. The number of anilines is 1. The number of nitrogens with one attached hydrogen (secondary N) is 1. The second-order valence-electron chi connectivity index (χ2n) is 8.86. The molecule has 0 radical (unpaired) electrons. The van der Waals surface area contributed by atoms with Crippen molar-refractivity contribution in [1.29, 1.82) is 0 Å². The number of methoxy groups -OCH3 is 1. The molecule has 1 N–H and O–H groups in total. The first-order valence-corrected chi connectivity index (χ1v) is 12.1. The number of Topliss-reactive ketones (excluding diaryl/α,β-unsaturated/α-hetero) is 1. The van der Waals surface area contributed by atoms with E-state index in [0.29, 0.717) is 39.3 Å². The number of amides is 1. The Labute approximate surface area is 229 Å². The van der Waals surface area contributed by atoms with Gasteiger partial charge in [0.2, 0.25) is 0 Å². The van der Waals surface area contributed by atoms with Gasteiger partial charge in [-0.15, -0.1) is 0 Å². The predicted octanol–water partition coefficient (Wildman–Crippen LogP) is 1.57. The molecule has 1 saturated heterocycles. The maximum absolute atomic E-state index is 13.4. The molecule has 0 aliphatic carbocycles. The number of fused-ring (bicyclic) bond motifs is 1. The fourth-order valence-corrected chi connectivity index (χ4v) is 4.21. The van der Waals surface area contributed by atoms with E-state index in [1.165, 1.54) is 18.2 Å². The molecule has 1 aromatic carbocycles. The lowest BCUT2D eigenvalue weighted by Crippen LogP contribution is -2.48. The van der Waals surface area contributed by atoms with Crippen LogP contribution in [0, 0.1) is 10.1 Å². The van der Waals surface area contributed by atoms with Crippen LogP contribution in [-0.4, -0.2) is 104 Å². The van der Waals surface area contributed by atoms with Crippen LogP contribution < -0.4 is 10.2 Å². The molecule has 0 spiro atoms. The molecule has 1 unspecified atom stereocenters. The van der Waals surface area contributed by atoms with E-state index in [4.69, 9.17) is 4.74 Å². The highest BCUT2D eigenvalue weighted by molar-refractivity contribution is 6.10. The van der Waals surface area contributed by atoms with Gasteiger partial charge in [0.25, 0.3) is 11.6 Å². The normalized spacial score (nSPS) is 14.9. The van der Waals surface area contributed by atoms with Crippen LogP contribution in [0.3, 0.4) is 0 Å². The number of aromatic nitrogens is 1. The summed E-state index contributed by atoms with van der Waals surface area (Å²) in [5, 5.41) is 13.9. The number of hydrogen-bond acceptors (Lipinski definition) is 11. The molecule has 2 aromatic rings. The number of para-hydroxylation sites is 1. The fourth-order valence-electron chi connectivity index (χ4n) is 4.21. The first-order valence-electron chi connectivity index (χ1n) is 12.1. The molecule has 3 rings (SSSR count). The van der Waals surface area contributed by atoms with Crippen LogP contribution in [0.1, 0.15) is 16.8 Å². The second kappa shape index (κ2) is 13.4. The third kappa shape index (κ3) is 7.69. The lowest BCUT2D eigenvalue weighted by Gasteiger charge is -2.37. The number of hydrogen-bond donors (Lipinski definition) is 1. The van der Waals surface area contributed by atoms with E-state index >= 15 is 0 Å². The highest BCUT2D eigenvalue weighted by Crippen LogP contribution is 2.34. The summed E-state index contributed by atoms with van der Waals surface area (Å²) in [6.45, 7) is 1.23. The molecule has 1 amide bonds. The Morgan fingerprint density at radius 1 is 1.17 bits per heavy atom. The Morgan fingerprint density at radius 3 is 2.44 bits per heavy atom. The zero-order valence-corrected chi connectivity index (χ0v) is 21.6. The molecular formula is C24H25F4N5O8. The van der Waals surface area contributed by atoms with Crippen molar-refractivity contribution in [1.82, 2.24) is 15.2 Å². The van der Waals surface area contributed by atoms with Gasteiger partial charge in [-0.25, -0.2) is 14.2 Å². The lowest BCUT2D eigenvalue weighted by molar-refractivity contribution is -0.383. The molecule has 2 heterocycles. The van der Waals surface area contributed by atoms with Gasteiger partial charge < -0.3 is 19.7 Å². The number of alkyl halides is 4. The molecule has 1 aliphatic heterocycles. The van der Waals surface area contributed by atoms with Gasteiger partial charge in [-0.2, -0.15) is 13.2 Å². The highest BCUT2D eigenvalue weighted by atomic mass is 19.4. The predicted molar refractivity (Wildman–Crippen MR) is 133 cm³/mol. The zero-order valence-electron chi connectivity index (χ0n) is 21.6. The number of nitro groups is 1. The molecule has 17 heteroatoms. The van der Waals surface area contributed by atoms with Crippen molar-refractivity contribution < 1.29 is 51.1 Å². The van der Waals surface area contributed by atoms with Crippen molar-refractivity contribution in [3.8, 4) is 0 Å². The fraction of sp³-hybridized carbons (Fsp3) is 0.458. The molecule has 1 aromatic heterocycles. The Kier molecular flexibility index (Phi) is 10.2. The van der Waals surface area contributed by atoms with Crippen molar-refractivity contribution >= 4 is 45.9 Å². The number of carbonyl (C=O) groups excluding carboxylic acids is 4. The van der Waals surface area contributed by atoms with Crippen molar-refractivity contribution in [3.05, 3.63) is 40.1 Å². The average Bonchev–Trinajstić information content (AvgIpc) is 2.93. The minimum atomic E-state index is -5.50. The number of nitro benzene ring substituents is 1. The minimum absolute atomic E-state index is 0.0310. The number of esters is 2. The summed E-state index contributed by atoms with van der Waals surface area (Å²) in [4.78, 5) is 67.2. The van der Waals surface area contributed by atoms with Gasteiger partial charge in [0.1, 0.15) is 18.2 Å². The van der Waals surface area contributed by atoms with Crippen molar-refractivity contribution in [3.63, 3.8) is 0 Å². The van der Waals surface area contributed by atoms with Crippen molar-refractivity contribution in [2.75, 3.05) is 58.0 Å². The van der Waals surface area contributed by atoms with E-state index in [9.17, 15) is 46.9 Å². The van der Waals surface area contributed by atoms with Crippen LogP contribution in [-0.2, 0) is 23.9 Å². The van der Waals surface area contributed by atoms with Gasteiger partial charge in [-0.1, -0.05) is 12.1 Å². The standard InChI is InChI=1S/C24H25F4N5O8/c1-40-10-9-31-5-7-32(8-6-31)21-14-3-2-4-17(33(38)39)20(14)29-13-15(21)22(36)30-16(18(34)12-25)11-19(35)41-23(37)24(26,27)28/h2-4,13,16H,5-12H2,1H3,(H,30,36). The third-order valence-corrected chi connectivity index (χ3v) is 6.22. The number of ketones is 1. The first-order chi connectivity index (χ1) is 19.4. The van der Waals surface area contributed by atoms with Crippen molar-refractivity contribution in [2.24, 2.45) is 0 Å². The van der Waals surface area contributed by atoms with Crippen LogP contribution in [0.25, 0.3) is 10.9 Å². The molecule has 41 heavy (non-hydrogen) atoms. The van der Waals surface area contributed by atoms with Crippen LogP contribution >= 0.6 is 0 Å². The number of piperazine rings is 1. The van der Waals surface area contributed by atoms with Gasteiger partial charge in [0, 0.05) is 57.5 Å². The van der Waals surface area contributed by atoms with E-state index in [2.05, 4.69) is 19.9 Å². The Bertz CT molecular complexity index is 1330. The highest BCUT2D eigenvalue weighted by Gasteiger charge is 2.43. The lowest BCUT2D eigenvalue weighted by atomic mass is 10.0. The van der Waals surface area contributed by atoms with Crippen LogP contribution in [0.2, 0.25) is 0 Å². The average molecular weight is 587 g/mol. The summed E-state index contributed by atoms with van der Waals surface area (Å²) in [6.07, 6.45) is -5.75. The Hall–Kier alpha value is -4.25. The van der Waals surface area contributed by atoms with Gasteiger partial charge in [0.05, 0.1) is 29.2 Å². The van der Waals surface area contributed by atoms with Crippen LogP contribution in [0.4, 0.5) is 28.9 Å². The smallest absolute Gasteiger partial charge is 0.386 e. The van der Waals surface area contributed by atoms with Crippen LogP contribution in [0.5, 0.6) is 0 Å². The molecule has 1 aliphatic rings. The number of rotatable bonds is 11. The Morgan fingerprint density at radius 2 is 1.85 bits per heavy atom. The minimum Gasteiger partial charge on any atom is -0.386 e. The largest absolute Gasteiger partial charge is 0.491 e. The monoisotopic (exact) mass is 587 g/mol. The number of non-ortho nitro benzene ring substituents is 1. The molecule has 1 atom stereocenters. The van der Waals surface area contributed by atoms with E-state index in [-0.39, 0.29) is 27.8 Å². The van der Waals surface area contributed by atoms with E-state index in [1.807, 2.05) is 0 Å². The summed E-state index contributed by atoms with van der Waals surface area (Å²) < 4.78 is 59.2. The molecule has 222 valence electrons. The molecule has 13 nitrogen and oxygen atoms in total. The molecule has 0 bridgehead atoms. The number of nitrogens with zero attached hydrogens (tertiary/aromatic N) is 4. The summed E-state index contributed by atoms with van der Waals surface area (Å²) >= 11 is 0. The molecule has 0 saturated carbocycles. The van der Waals surface area contributed by atoms with E-state index < -0.39 is 53.9 Å². The molecule has 1 fully saturated rings. The Balaban J connectivity index is 1.96. The number of pyridine rings is 1. The maximum atomic E-state index is 13.4. The number of ether oxygens (including phenoxy) is 2. The topological polar surface area (TPSA) is 161 Å². The zero-order chi connectivity index (χ0) is 30.3.